The predicted octanol–water partition coefficient (Wildman–Crippen LogP) is 5.50. The molecule has 7 nitrogen and oxygen atoms in total. The molecule has 31 heavy (non-hydrogen) atoms. The number of halogens is 3. The van der Waals surface area contributed by atoms with Crippen molar-refractivity contribution in [2.45, 2.75) is 26.9 Å². The number of para-hydroxylation sites is 1. The maximum atomic E-state index is 12.7. The molecular formula is C21H23F3N4O3. The Hall–Kier alpha value is -3.56. The van der Waals surface area contributed by atoms with Gasteiger partial charge in [-0.3, -0.25) is 4.79 Å². The second-order valence-electron chi connectivity index (χ2n) is 5.82. The first-order chi connectivity index (χ1) is 14.9. The first kappa shape index (κ1) is 23.7. The highest BCUT2D eigenvalue weighted by atomic mass is 19.4. The highest BCUT2D eigenvalue weighted by Gasteiger charge is 2.30. The van der Waals surface area contributed by atoms with E-state index in [1.54, 1.807) is 31.2 Å². The molecule has 10 heteroatoms. The SMILES string of the molecule is CC.CCOC(=O)CNc1nnc(-c2ccccc2Nc2ccc(C(F)(F)F)cc2)o1. The first-order valence-corrected chi connectivity index (χ1v) is 9.63. The van der Waals surface area contributed by atoms with E-state index in [2.05, 4.69) is 20.8 Å². The second kappa shape index (κ2) is 11.0. The van der Waals surface area contributed by atoms with Crippen molar-refractivity contribution in [2.75, 3.05) is 23.8 Å². The lowest BCUT2D eigenvalue weighted by Crippen LogP contribution is -2.16. The largest absolute Gasteiger partial charge is 0.465 e. The summed E-state index contributed by atoms with van der Waals surface area (Å²) in [4.78, 5) is 11.4. The molecule has 3 aromatic rings. The first-order valence-electron chi connectivity index (χ1n) is 9.63. The second-order valence-corrected chi connectivity index (χ2v) is 5.82. The summed E-state index contributed by atoms with van der Waals surface area (Å²) in [6.07, 6.45) is -4.40. The fourth-order valence-electron chi connectivity index (χ4n) is 2.44. The highest BCUT2D eigenvalue weighted by molar-refractivity contribution is 5.77. The van der Waals surface area contributed by atoms with Crippen molar-refractivity contribution in [1.82, 2.24) is 10.2 Å². The van der Waals surface area contributed by atoms with Crippen molar-refractivity contribution in [3.8, 4) is 11.5 Å². The summed E-state index contributed by atoms with van der Waals surface area (Å²) in [5.41, 5.74) is 0.841. The standard InChI is InChI=1S/C19H17F3N4O3.C2H6/c1-2-28-16(27)11-23-18-26-25-17(29-18)14-5-3-4-6-15(14)24-13-9-7-12(8-10-13)19(20,21)22;1-2/h3-10,24H,2,11H2,1H3,(H,23,26);1-2H3. The number of ether oxygens (including phenoxy) is 1. The lowest BCUT2D eigenvalue weighted by Gasteiger charge is -2.11. The normalized spacial score (nSPS) is 10.6. The molecule has 0 bridgehead atoms. The van der Waals surface area contributed by atoms with E-state index < -0.39 is 17.7 Å². The number of benzene rings is 2. The third-order valence-electron chi connectivity index (χ3n) is 3.76. The monoisotopic (exact) mass is 436 g/mol. The third-order valence-corrected chi connectivity index (χ3v) is 3.76. The van der Waals surface area contributed by atoms with Gasteiger partial charge in [0.15, 0.2) is 0 Å². The number of hydrogen-bond acceptors (Lipinski definition) is 7. The summed E-state index contributed by atoms with van der Waals surface area (Å²) in [5.74, 6) is -0.289. The van der Waals surface area contributed by atoms with Gasteiger partial charge in [0.05, 0.1) is 23.4 Å². The van der Waals surface area contributed by atoms with Gasteiger partial charge in [0, 0.05) is 5.69 Å². The van der Waals surface area contributed by atoms with E-state index in [9.17, 15) is 18.0 Å². The molecule has 1 heterocycles. The van der Waals surface area contributed by atoms with Gasteiger partial charge in [-0.1, -0.05) is 31.1 Å². The summed E-state index contributed by atoms with van der Waals surface area (Å²) < 4.78 is 48.4. The predicted molar refractivity (Wildman–Crippen MR) is 111 cm³/mol. The molecular weight excluding hydrogens is 413 g/mol. The van der Waals surface area contributed by atoms with Crippen molar-refractivity contribution in [3.05, 3.63) is 54.1 Å². The van der Waals surface area contributed by atoms with Crippen LogP contribution in [0.15, 0.2) is 52.9 Å². The number of anilines is 3. The van der Waals surface area contributed by atoms with E-state index in [1.807, 2.05) is 13.8 Å². The maximum Gasteiger partial charge on any atom is 0.416 e. The van der Waals surface area contributed by atoms with Crippen LogP contribution in [0.5, 0.6) is 0 Å². The lowest BCUT2D eigenvalue weighted by atomic mass is 10.1. The van der Waals surface area contributed by atoms with Crippen LogP contribution in [0.3, 0.4) is 0 Å². The molecule has 0 aliphatic carbocycles. The van der Waals surface area contributed by atoms with Gasteiger partial charge in [0.2, 0.25) is 0 Å². The number of nitrogens with one attached hydrogen (secondary N) is 2. The third kappa shape index (κ3) is 6.73. The molecule has 0 aliphatic heterocycles. The van der Waals surface area contributed by atoms with Crippen LogP contribution in [0, 0.1) is 0 Å². The van der Waals surface area contributed by atoms with Gasteiger partial charge in [-0.25, -0.2) is 0 Å². The quantitative estimate of drug-likeness (QED) is 0.473. The Morgan fingerprint density at radius 2 is 1.74 bits per heavy atom. The Morgan fingerprint density at radius 3 is 2.39 bits per heavy atom. The molecule has 0 saturated heterocycles. The lowest BCUT2D eigenvalue weighted by molar-refractivity contribution is -0.141. The Morgan fingerprint density at radius 1 is 1.06 bits per heavy atom. The fraction of sp³-hybridized carbons (Fsp3) is 0.286. The van der Waals surface area contributed by atoms with Crippen molar-refractivity contribution in [1.29, 1.82) is 0 Å². The highest BCUT2D eigenvalue weighted by Crippen LogP contribution is 2.32. The van der Waals surface area contributed by atoms with Crippen LogP contribution >= 0.6 is 0 Å². The molecule has 0 amide bonds. The molecule has 1 aromatic heterocycles. The van der Waals surface area contributed by atoms with E-state index >= 15 is 0 Å². The Labute approximate surface area is 177 Å². The van der Waals surface area contributed by atoms with Gasteiger partial charge < -0.3 is 19.8 Å². The minimum absolute atomic E-state index is 0.0392. The van der Waals surface area contributed by atoms with E-state index in [0.29, 0.717) is 16.9 Å². The zero-order valence-corrected chi connectivity index (χ0v) is 17.3. The summed E-state index contributed by atoms with van der Waals surface area (Å²) in [7, 11) is 0. The molecule has 0 atom stereocenters. The summed E-state index contributed by atoms with van der Waals surface area (Å²) in [6.45, 7) is 5.84. The van der Waals surface area contributed by atoms with Gasteiger partial charge in [-0.05, 0) is 43.3 Å². The van der Waals surface area contributed by atoms with Crippen LogP contribution in [0.4, 0.5) is 30.6 Å². The molecule has 0 fully saturated rings. The summed E-state index contributed by atoms with van der Waals surface area (Å²) in [5, 5.41) is 13.5. The van der Waals surface area contributed by atoms with Crippen LogP contribution in [0.1, 0.15) is 26.3 Å². The number of carbonyl (C=O) groups is 1. The number of aromatic nitrogens is 2. The van der Waals surface area contributed by atoms with E-state index in [-0.39, 0.29) is 25.1 Å². The molecule has 3 rings (SSSR count). The van der Waals surface area contributed by atoms with Gasteiger partial charge in [-0.2, -0.15) is 13.2 Å². The van der Waals surface area contributed by atoms with Gasteiger partial charge >= 0.3 is 18.2 Å². The summed E-state index contributed by atoms with van der Waals surface area (Å²) >= 11 is 0. The van der Waals surface area contributed by atoms with Crippen molar-refractivity contribution >= 4 is 23.4 Å². The fourth-order valence-corrected chi connectivity index (χ4v) is 2.44. The average molecular weight is 436 g/mol. The zero-order chi connectivity index (χ0) is 22.9. The van der Waals surface area contributed by atoms with Crippen LogP contribution in [0.2, 0.25) is 0 Å². The van der Waals surface area contributed by atoms with Crippen LogP contribution < -0.4 is 10.6 Å². The topological polar surface area (TPSA) is 89.3 Å². The van der Waals surface area contributed by atoms with Crippen LogP contribution in [-0.4, -0.2) is 29.3 Å². The number of rotatable bonds is 7. The number of hydrogen-bond donors (Lipinski definition) is 2. The van der Waals surface area contributed by atoms with E-state index in [0.717, 1.165) is 12.1 Å². The van der Waals surface area contributed by atoms with Gasteiger partial charge in [0.1, 0.15) is 6.54 Å². The molecule has 0 radical (unpaired) electrons. The number of esters is 1. The average Bonchev–Trinajstić information content (AvgIpc) is 3.23. The molecule has 0 saturated carbocycles. The Bertz CT molecular complexity index is 973. The van der Waals surface area contributed by atoms with Crippen LogP contribution in [0.25, 0.3) is 11.5 Å². The van der Waals surface area contributed by atoms with Gasteiger partial charge in [0.25, 0.3) is 5.89 Å². The maximum absolute atomic E-state index is 12.7. The molecule has 2 aromatic carbocycles. The number of nitrogens with zero attached hydrogens (tertiary/aromatic N) is 2. The van der Waals surface area contributed by atoms with Crippen LogP contribution in [-0.2, 0) is 15.7 Å². The van der Waals surface area contributed by atoms with Crippen molar-refractivity contribution in [3.63, 3.8) is 0 Å². The van der Waals surface area contributed by atoms with E-state index in [1.165, 1.54) is 12.1 Å². The smallest absolute Gasteiger partial charge is 0.416 e. The van der Waals surface area contributed by atoms with Crippen molar-refractivity contribution in [2.24, 2.45) is 0 Å². The zero-order valence-electron chi connectivity index (χ0n) is 17.3. The van der Waals surface area contributed by atoms with Crippen molar-refractivity contribution < 1.29 is 27.1 Å². The molecule has 0 unspecified atom stereocenters. The van der Waals surface area contributed by atoms with Gasteiger partial charge in [-0.15, -0.1) is 5.10 Å². The molecule has 0 aliphatic rings. The number of alkyl halides is 3. The molecule has 0 spiro atoms. The number of carbonyl (C=O) groups excluding carboxylic acids is 1. The van der Waals surface area contributed by atoms with E-state index in [4.69, 9.17) is 9.15 Å². The molecule has 166 valence electrons. The molecule has 2 N–H and O–H groups in total. The Kier molecular flexibility index (Phi) is 8.42. The minimum Gasteiger partial charge on any atom is -0.465 e. The Balaban J connectivity index is 0.00000166. The minimum atomic E-state index is -4.40. The summed E-state index contributed by atoms with van der Waals surface area (Å²) in [6, 6.07) is 11.6.